The van der Waals surface area contributed by atoms with Crippen LogP contribution in [-0.4, -0.2) is 19.6 Å². The van der Waals surface area contributed by atoms with E-state index in [-0.39, 0.29) is 12.5 Å². The van der Waals surface area contributed by atoms with Gasteiger partial charge in [0.15, 0.2) is 0 Å². The van der Waals surface area contributed by atoms with Gasteiger partial charge in [-0.2, -0.15) is 0 Å². The van der Waals surface area contributed by atoms with Gasteiger partial charge in [0.25, 0.3) is 0 Å². The minimum atomic E-state index is -0.223. The van der Waals surface area contributed by atoms with Gasteiger partial charge in [-0.15, -0.1) is 11.3 Å². The monoisotopic (exact) mass is 213 g/mol. The minimum absolute atomic E-state index is 0.223. The zero-order valence-electron chi connectivity index (χ0n) is 8.50. The van der Waals surface area contributed by atoms with Crippen LogP contribution in [0.2, 0.25) is 0 Å². The van der Waals surface area contributed by atoms with Crippen LogP contribution in [0.15, 0.2) is 11.4 Å². The van der Waals surface area contributed by atoms with E-state index in [1.807, 2.05) is 0 Å². The van der Waals surface area contributed by atoms with Crippen molar-refractivity contribution in [3.8, 4) is 0 Å². The van der Waals surface area contributed by atoms with E-state index >= 15 is 0 Å². The van der Waals surface area contributed by atoms with Crippen molar-refractivity contribution in [1.82, 2.24) is 5.32 Å². The van der Waals surface area contributed by atoms with Crippen LogP contribution in [-0.2, 0) is 22.5 Å². The fourth-order valence-electron chi connectivity index (χ4n) is 1.19. The highest BCUT2D eigenvalue weighted by atomic mass is 32.1. The lowest BCUT2D eigenvalue weighted by Crippen LogP contribution is -2.23. The first-order valence-corrected chi connectivity index (χ1v) is 5.48. The number of carbonyl (C=O) groups excluding carboxylic acids is 1. The molecule has 78 valence electrons. The number of carbonyl (C=O) groups is 1. The molecule has 1 N–H and O–H groups in total. The summed E-state index contributed by atoms with van der Waals surface area (Å²) in [7, 11) is 1.40. The molecule has 0 fully saturated rings. The van der Waals surface area contributed by atoms with Crippen molar-refractivity contribution < 1.29 is 9.53 Å². The number of ether oxygens (including phenoxy) is 1. The fourth-order valence-corrected chi connectivity index (χ4v) is 2.13. The van der Waals surface area contributed by atoms with Crippen LogP contribution < -0.4 is 5.32 Å². The van der Waals surface area contributed by atoms with E-state index in [0.29, 0.717) is 0 Å². The number of hydrogen-bond acceptors (Lipinski definition) is 4. The van der Waals surface area contributed by atoms with Gasteiger partial charge in [0, 0.05) is 11.4 Å². The van der Waals surface area contributed by atoms with Crippen molar-refractivity contribution in [3.63, 3.8) is 0 Å². The summed E-state index contributed by atoms with van der Waals surface area (Å²) in [5.41, 5.74) is 1.35. The van der Waals surface area contributed by atoms with Crippen LogP contribution >= 0.6 is 11.3 Å². The van der Waals surface area contributed by atoms with Gasteiger partial charge in [0.1, 0.15) is 0 Å². The molecule has 1 rings (SSSR count). The van der Waals surface area contributed by atoms with Gasteiger partial charge in [0.05, 0.1) is 13.7 Å². The average molecular weight is 213 g/mol. The first kappa shape index (κ1) is 11.2. The molecule has 0 amide bonds. The molecular formula is C10H15NO2S. The second-order valence-corrected chi connectivity index (χ2v) is 3.90. The van der Waals surface area contributed by atoms with Crippen LogP contribution in [0.5, 0.6) is 0 Å². The summed E-state index contributed by atoms with van der Waals surface area (Å²) in [6, 6.07) is 2.12. The molecule has 14 heavy (non-hydrogen) atoms. The molecule has 0 saturated heterocycles. The molecule has 0 aliphatic rings. The van der Waals surface area contributed by atoms with Gasteiger partial charge < -0.3 is 10.1 Å². The SMILES string of the molecule is CCc1ccsc1CNCC(=O)OC. The zero-order valence-corrected chi connectivity index (χ0v) is 9.32. The normalized spacial score (nSPS) is 10.1. The molecule has 3 nitrogen and oxygen atoms in total. The van der Waals surface area contributed by atoms with E-state index in [9.17, 15) is 4.79 Å². The molecule has 0 aliphatic carbocycles. The van der Waals surface area contributed by atoms with Gasteiger partial charge >= 0.3 is 5.97 Å². The van der Waals surface area contributed by atoms with Gasteiger partial charge in [-0.1, -0.05) is 6.92 Å². The molecule has 4 heteroatoms. The number of methoxy groups -OCH3 is 1. The Kier molecular flexibility index (Phi) is 4.62. The second-order valence-electron chi connectivity index (χ2n) is 2.90. The standard InChI is InChI=1S/C10H15NO2S/c1-3-8-4-5-14-9(8)6-11-7-10(12)13-2/h4-5,11H,3,6-7H2,1-2H3. The van der Waals surface area contributed by atoms with Gasteiger partial charge in [0.2, 0.25) is 0 Å². The van der Waals surface area contributed by atoms with E-state index in [2.05, 4.69) is 28.4 Å². The largest absolute Gasteiger partial charge is 0.468 e. The smallest absolute Gasteiger partial charge is 0.319 e. The Morgan fingerprint density at radius 3 is 3.07 bits per heavy atom. The number of rotatable bonds is 5. The third-order valence-electron chi connectivity index (χ3n) is 2.00. The van der Waals surface area contributed by atoms with E-state index < -0.39 is 0 Å². The molecule has 1 aromatic rings. The molecule has 0 spiro atoms. The molecule has 0 saturated carbocycles. The maximum Gasteiger partial charge on any atom is 0.319 e. The number of nitrogens with one attached hydrogen (secondary N) is 1. The highest BCUT2D eigenvalue weighted by Gasteiger charge is 2.03. The molecule has 1 aromatic heterocycles. The summed E-state index contributed by atoms with van der Waals surface area (Å²) in [6.45, 7) is 3.15. The topological polar surface area (TPSA) is 38.3 Å². The lowest BCUT2D eigenvalue weighted by molar-refractivity contribution is -0.139. The summed E-state index contributed by atoms with van der Waals surface area (Å²) < 4.78 is 4.53. The number of esters is 1. The highest BCUT2D eigenvalue weighted by molar-refractivity contribution is 7.10. The maximum absolute atomic E-state index is 10.8. The summed E-state index contributed by atoms with van der Waals surface area (Å²) in [6.07, 6.45) is 1.04. The summed E-state index contributed by atoms with van der Waals surface area (Å²) >= 11 is 1.72. The van der Waals surface area contributed by atoms with Crippen molar-refractivity contribution >= 4 is 17.3 Å². The number of hydrogen-bond donors (Lipinski definition) is 1. The van der Waals surface area contributed by atoms with Gasteiger partial charge in [-0.3, -0.25) is 4.79 Å². The molecule has 0 radical (unpaired) electrons. The summed E-state index contributed by atoms with van der Waals surface area (Å²) in [5, 5.41) is 5.13. The average Bonchev–Trinajstić information content (AvgIpc) is 2.65. The Labute approximate surface area is 88.1 Å². The summed E-state index contributed by atoms with van der Waals surface area (Å²) in [5.74, 6) is -0.223. The Hall–Kier alpha value is -0.870. The van der Waals surface area contributed by atoms with Crippen LogP contribution in [0.3, 0.4) is 0 Å². The van der Waals surface area contributed by atoms with Crippen LogP contribution in [0, 0.1) is 0 Å². The van der Waals surface area contributed by atoms with Crippen molar-refractivity contribution in [2.45, 2.75) is 19.9 Å². The molecule has 0 atom stereocenters. The minimum Gasteiger partial charge on any atom is -0.468 e. The third kappa shape index (κ3) is 3.12. The van der Waals surface area contributed by atoms with E-state index in [0.717, 1.165) is 13.0 Å². The molecular weight excluding hydrogens is 198 g/mol. The fraction of sp³-hybridized carbons (Fsp3) is 0.500. The molecule has 0 aromatic carbocycles. The maximum atomic E-state index is 10.8. The first-order valence-electron chi connectivity index (χ1n) is 4.60. The Bertz CT molecular complexity index is 296. The van der Waals surface area contributed by atoms with Crippen molar-refractivity contribution in [2.75, 3.05) is 13.7 Å². The van der Waals surface area contributed by atoms with Crippen LogP contribution in [0.4, 0.5) is 0 Å². The van der Waals surface area contributed by atoms with Crippen LogP contribution in [0.1, 0.15) is 17.4 Å². The number of aryl methyl sites for hydroxylation is 1. The second kappa shape index (κ2) is 5.78. The predicted molar refractivity (Wildman–Crippen MR) is 57.4 cm³/mol. The van der Waals surface area contributed by atoms with E-state index in [1.54, 1.807) is 11.3 Å². The lowest BCUT2D eigenvalue weighted by Gasteiger charge is -2.03. The Balaban J connectivity index is 2.34. The predicted octanol–water partition coefficient (Wildman–Crippen LogP) is 1.57. The molecule has 0 aliphatic heterocycles. The van der Waals surface area contributed by atoms with E-state index in [4.69, 9.17) is 0 Å². The van der Waals surface area contributed by atoms with Crippen LogP contribution in [0.25, 0.3) is 0 Å². The van der Waals surface area contributed by atoms with Crippen molar-refractivity contribution in [1.29, 1.82) is 0 Å². The first-order chi connectivity index (χ1) is 6.77. The van der Waals surface area contributed by atoms with Crippen molar-refractivity contribution in [3.05, 3.63) is 21.9 Å². The molecule has 1 heterocycles. The molecule has 0 bridgehead atoms. The van der Waals surface area contributed by atoms with Gasteiger partial charge in [-0.05, 0) is 23.4 Å². The highest BCUT2D eigenvalue weighted by Crippen LogP contribution is 2.16. The summed E-state index contributed by atoms with van der Waals surface area (Å²) in [4.78, 5) is 12.1. The van der Waals surface area contributed by atoms with E-state index in [1.165, 1.54) is 17.6 Å². The molecule has 0 unspecified atom stereocenters. The Morgan fingerprint density at radius 1 is 1.64 bits per heavy atom. The van der Waals surface area contributed by atoms with Gasteiger partial charge in [-0.25, -0.2) is 0 Å². The zero-order chi connectivity index (χ0) is 10.4. The lowest BCUT2D eigenvalue weighted by atomic mass is 10.2. The van der Waals surface area contributed by atoms with Crippen molar-refractivity contribution in [2.24, 2.45) is 0 Å². The number of thiophene rings is 1. The third-order valence-corrected chi connectivity index (χ3v) is 2.96. The Morgan fingerprint density at radius 2 is 2.43 bits per heavy atom. The quantitative estimate of drug-likeness (QED) is 0.755.